The minimum atomic E-state index is -0.370. The first-order valence-electron chi connectivity index (χ1n) is 5.69. The van der Waals surface area contributed by atoms with E-state index in [2.05, 4.69) is 5.32 Å². The zero-order chi connectivity index (χ0) is 12.9. The van der Waals surface area contributed by atoms with Gasteiger partial charge in [-0.3, -0.25) is 4.79 Å². The van der Waals surface area contributed by atoms with Gasteiger partial charge in [0.25, 0.3) is 5.91 Å². The Hall–Kier alpha value is -1.06. The fourth-order valence-corrected chi connectivity index (χ4v) is 1.65. The highest BCUT2D eigenvalue weighted by Crippen LogP contribution is 2.16. The van der Waals surface area contributed by atoms with E-state index in [0.717, 1.165) is 6.42 Å². The van der Waals surface area contributed by atoms with E-state index < -0.39 is 0 Å². The molecule has 0 aliphatic heterocycles. The van der Waals surface area contributed by atoms with Crippen molar-refractivity contribution in [3.63, 3.8) is 0 Å². The molecule has 1 aromatic carbocycles. The van der Waals surface area contributed by atoms with Crippen LogP contribution in [0, 0.1) is 0 Å². The predicted octanol–water partition coefficient (Wildman–Crippen LogP) is 2.62. The van der Waals surface area contributed by atoms with Gasteiger partial charge in [-0.1, -0.05) is 18.5 Å². The number of hydrogen-bond donors (Lipinski definition) is 2. The lowest BCUT2D eigenvalue weighted by atomic mass is 9.94. The van der Waals surface area contributed by atoms with Crippen LogP contribution in [-0.2, 0) is 0 Å². The molecule has 0 heterocycles. The molecule has 0 aromatic heterocycles. The first kappa shape index (κ1) is 14.0. The van der Waals surface area contributed by atoms with Gasteiger partial charge in [0, 0.05) is 22.7 Å². The fraction of sp³-hybridized carbons (Fsp3) is 0.462. The van der Waals surface area contributed by atoms with Gasteiger partial charge in [-0.15, -0.1) is 0 Å². The molecular weight excluding hydrogens is 238 g/mol. The Balaban J connectivity index is 2.74. The van der Waals surface area contributed by atoms with Gasteiger partial charge >= 0.3 is 0 Å². The lowest BCUT2D eigenvalue weighted by Crippen LogP contribution is -2.46. The van der Waals surface area contributed by atoms with Crippen molar-refractivity contribution in [2.75, 3.05) is 6.61 Å². The molecular formula is C13H18ClNO2. The van der Waals surface area contributed by atoms with Crippen LogP contribution in [-0.4, -0.2) is 23.2 Å². The number of hydrogen-bond acceptors (Lipinski definition) is 2. The smallest absolute Gasteiger partial charge is 0.251 e. The van der Waals surface area contributed by atoms with E-state index >= 15 is 0 Å². The van der Waals surface area contributed by atoms with Crippen LogP contribution in [0.4, 0.5) is 0 Å². The standard InChI is InChI=1S/C13H18ClNO2/c1-3-13(2,8-9-16)15-12(17)10-4-6-11(14)7-5-10/h4-7,16H,3,8-9H2,1-2H3,(H,15,17). The van der Waals surface area contributed by atoms with Crippen LogP contribution in [0.3, 0.4) is 0 Å². The number of aliphatic hydroxyl groups is 1. The van der Waals surface area contributed by atoms with Gasteiger partial charge in [0.15, 0.2) is 0 Å². The Morgan fingerprint density at radius 1 is 1.41 bits per heavy atom. The number of rotatable bonds is 5. The number of carbonyl (C=O) groups excluding carboxylic acids is 1. The Morgan fingerprint density at radius 2 is 2.00 bits per heavy atom. The van der Waals surface area contributed by atoms with E-state index in [-0.39, 0.29) is 18.1 Å². The molecule has 0 radical (unpaired) electrons. The van der Waals surface area contributed by atoms with Crippen molar-refractivity contribution in [1.82, 2.24) is 5.32 Å². The molecule has 0 bridgehead atoms. The van der Waals surface area contributed by atoms with Crippen LogP contribution in [0.25, 0.3) is 0 Å². The zero-order valence-electron chi connectivity index (χ0n) is 10.2. The van der Waals surface area contributed by atoms with Gasteiger partial charge in [-0.2, -0.15) is 0 Å². The number of halogens is 1. The second-order valence-electron chi connectivity index (χ2n) is 4.35. The molecule has 3 nitrogen and oxygen atoms in total. The summed E-state index contributed by atoms with van der Waals surface area (Å²) in [4.78, 5) is 12.0. The summed E-state index contributed by atoms with van der Waals surface area (Å²) in [5.74, 6) is -0.139. The summed E-state index contributed by atoms with van der Waals surface area (Å²) in [6, 6.07) is 6.75. The lowest BCUT2D eigenvalue weighted by molar-refractivity contribution is 0.0886. The first-order valence-corrected chi connectivity index (χ1v) is 6.07. The fourth-order valence-electron chi connectivity index (χ4n) is 1.52. The highest BCUT2D eigenvalue weighted by Gasteiger charge is 2.23. The lowest BCUT2D eigenvalue weighted by Gasteiger charge is -2.29. The largest absolute Gasteiger partial charge is 0.396 e. The van der Waals surface area contributed by atoms with Gasteiger partial charge in [0.1, 0.15) is 0 Å². The zero-order valence-corrected chi connectivity index (χ0v) is 10.9. The maximum absolute atomic E-state index is 12.0. The maximum atomic E-state index is 12.0. The Morgan fingerprint density at radius 3 is 2.47 bits per heavy atom. The summed E-state index contributed by atoms with van der Waals surface area (Å²) in [6.07, 6.45) is 1.32. The van der Waals surface area contributed by atoms with E-state index in [0.29, 0.717) is 17.0 Å². The van der Waals surface area contributed by atoms with Crippen LogP contribution in [0.1, 0.15) is 37.0 Å². The number of nitrogens with one attached hydrogen (secondary N) is 1. The third kappa shape index (κ3) is 4.02. The average Bonchev–Trinajstić information content (AvgIpc) is 2.30. The van der Waals surface area contributed by atoms with Crippen LogP contribution < -0.4 is 5.32 Å². The molecule has 1 atom stereocenters. The predicted molar refractivity (Wildman–Crippen MR) is 69.3 cm³/mol. The second-order valence-corrected chi connectivity index (χ2v) is 4.79. The molecule has 4 heteroatoms. The molecule has 17 heavy (non-hydrogen) atoms. The summed E-state index contributed by atoms with van der Waals surface area (Å²) >= 11 is 5.76. The van der Waals surface area contributed by atoms with Crippen molar-refractivity contribution in [3.05, 3.63) is 34.9 Å². The number of benzene rings is 1. The van der Waals surface area contributed by atoms with E-state index in [1.54, 1.807) is 24.3 Å². The Labute approximate surface area is 107 Å². The summed E-state index contributed by atoms with van der Waals surface area (Å²) in [7, 11) is 0. The number of carbonyl (C=O) groups is 1. The number of amides is 1. The average molecular weight is 256 g/mol. The summed E-state index contributed by atoms with van der Waals surface area (Å²) in [6.45, 7) is 3.97. The molecule has 0 spiro atoms. The third-order valence-electron chi connectivity index (χ3n) is 2.97. The molecule has 1 aromatic rings. The van der Waals surface area contributed by atoms with Crippen molar-refractivity contribution in [2.24, 2.45) is 0 Å². The topological polar surface area (TPSA) is 49.3 Å². The van der Waals surface area contributed by atoms with Gasteiger partial charge in [-0.25, -0.2) is 0 Å². The monoisotopic (exact) mass is 255 g/mol. The van der Waals surface area contributed by atoms with Crippen molar-refractivity contribution in [3.8, 4) is 0 Å². The van der Waals surface area contributed by atoms with E-state index in [1.807, 2.05) is 13.8 Å². The molecule has 0 aliphatic carbocycles. The highest BCUT2D eigenvalue weighted by molar-refractivity contribution is 6.30. The second kappa shape index (κ2) is 6.03. The minimum Gasteiger partial charge on any atom is -0.396 e. The maximum Gasteiger partial charge on any atom is 0.251 e. The quantitative estimate of drug-likeness (QED) is 0.850. The van der Waals surface area contributed by atoms with E-state index in [9.17, 15) is 4.79 Å². The van der Waals surface area contributed by atoms with Crippen molar-refractivity contribution >= 4 is 17.5 Å². The van der Waals surface area contributed by atoms with Crippen molar-refractivity contribution in [2.45, 2.75) is 32.2 Å². The molecule has 94 valence electrons. The third-order valence-corrected chi connectivity index (χ3v) is 3.22. The molecule has 2 N–H and O–H groups in total. The molecule has 0 saturated heterocycles. The van der Waals surface area contributed by atoms with Gasteiger partial charge < -0.3 is 10.4 Å². The molecule has 0 saturated carbocycles. The van der Waals surface area contributed by atoms with E-state index in [1.165, 1.54) is 0 Å². The summed E-state index contributed by atoms with van der Waals surface area (Å²) in [5.41, 5.74) is 0.206. The van der Waals surface area contributed by atoms with Gasteiger partial charge in [0.05, 0.1) is 0 Å². The molecule has 1 amide bonds. The molecule has 1 rings (SSSR count). The Bertz CT molecular complexity index is 378. The van der Waals surface area contributed by atoms with Crippen molar-refractivity contribution in [1.29, 1.82) is 0 Å². The van der Waals surface area contributed by atoms with Crippen molar-refractivity contribution < 1.29 is 9.90 Å². The van der Waals surface area contributed by atoms with E-state index in [4.69, 9.17) is 16.7 Å². The Kier molecular flexibility index (Phi) is 4.97. The van der Waals surface area contributed by atoms with Crippen LogP contribution in [0.15, 0.2) is 24.3 Å². The molecule has 1 unspecified atom stereocenters. The summed E-state index contributed by atoms with van der Waals surface area (Å²) < 4.78 is 0. The van der Waals surface area contributed by atoms with Gasteiger partial charge in [0.2, 0.25) is 0 Å². The molecule has 0 aliphatic rings. The number of aliphatic hydroxyl groups excluding tert-OH is 1. The normalized spacial score (nSPS) is 14.1. The van der Waals surface area contributed by atoms with Gasteiger partial charge in [-0.05, 0) is 44.0 Å². The van der Waals surface area contributed by atoms with Crippen LogP contribution in [0.5, 0.6) is 0 Å². The minimum absolute atomic E-state index is 0.0608. The molecule has 0 fully saturated rings. The summed E-state index contributed by atoms with van der Waals surface area (Å²) in [5, 5.41) is 12.5. The van der Waals surface area contributed by atoms with Crippen LogP contribution in [0.2, 0.25) is 5.02 Å². The SMILES string of the molecule is CCC(C)(CCO)NC(=O)c1ccc(Cl)cc1. The highest BCUT2D eigenvalue weighted by atomic mass is 35.5. The van der Waals surface area contributed by atoms with Crippen LogP contribution >= 0.6 is 11.6 Å². The first-order chi connectivity index (χ1) is 8.00.